The van der Waals surface area contributed by atoms with Crippen LogP contribution in [0, 0.1) is 11.3 Å². The molecule has 0 aliphatic heterocycles. The number of hydrogen-bond acceptors (Lipinski definition) is 3. The van der Waals surface area contributed by atoms with Crippen molar-refractivity contribution >= 4 is 35.8 Å². The number of amides is 1. The minimum Gasteiger partial charge on any atom is -0.396 e. The van der Waals surface area contributed by atoms with Crippen LogP contribution < -0.4 is 16.0 Å². The number of halogens is 1. The van der Waals surface area contributed by atoms with Gasteiger partial charge in [0.05, 0.1) is 0 Å². The first-order chi connectivity index (χ1) is 10.8. The van der Waals surface area contributed by atoms with Crippen LogP contribution in [0.25, 0.3) is 0 Å². The van der Waals surface area contributed by atoms with Crippen LogP contribution in [-0.4, -0.2) is 49.8 Å². The molecule has 4 N–H and O–H groups in total. The highest BCUT2D eigenvalue weighted by molar-refractivity contribution is 14.0. The molecule has 0 heterocycles. The van der Waals surface area contributed by atoms with Crippen molar-refractivity contribution in [3.05, 3.63) is 0 Å². The van der Waals surface area contributed by atoms with Crippen LogP contribution in [0.4, 0.5) is 0 Å². The first-order valence-corrected chi connectivity index (χ1v) is 8.76. The third-order valence-corrected chi connectivity index (χ3v) is 3.47. The van der Waals surface area contributed by atoms with Gasteiger partial charge in [0.2, 0.25) is 5.91 Å². The topological polar surface area (TPSA) is 85.8 Å². The monoisotopic (exact) mass is 456 g/mol. The van der Waals surface area contributed by atoms with Crippen LogP contribution in [0.2, 0.25) is 0 Å². The summed E-state index contributed by atoms with van der Waals surface area (Å²) in [6.07, 6.45) is 2.96. The van der Waals surface area contributed by atoms with E-state index in [4.69, 9.17) is 5.11 Å². The summed E-state index contributed by atoms with van der Waals surface area (Å²) >= 11 is 0. The molecule has 0 fully saturated rings. The van der Waals surface area contributed by atoms with Gasteiger partial charge in [-0.25, -0.2) is 0 Å². The normalized spacial score (nSPS) is 13.0. The number of rotatable bonds is 10. The Morgan fingerprint density at radius 1 is 1.08 bits per heavy atom. The van der Waals surface area contributed by atoms with Gasteiger partial charge < -0.3 is 21.1 Å². The van der Waals surface area contributed by atoms with Crippen LogP contribution in [0.5, 0.6) is 0 Å². The van der Waals surface area contributed by atoms with Crippen LogP contribution in [0.3, 0.4) is 0 Å². The van der Waals surface area contributed by atoms with E-state index in [-0.39, 0.29) is 41.9 Å². The predicted molar refractivity (Wildman–Crippen MR) is 112 cm³/mol. The molecule has 0 radical (unpaired) electrons. The highest BCUT2D eigenvalue weighted by Crippen LogP contribution is 2.12. The summed E-state index contributed by atoms with van der Waals surface area (Å²) in [5.41, 5.74) is -0.365. The van der Waals surface area contributed by atoms with Gasteiger partial charge in [-0.2, -0.15) is 0 Å². The Balaban J connectivity index is 0. The molecule has 6 nitrogen and oxygen atoms in total. The number of hydrogen-bond donors (Lipinski definition) is 4. The summed E-state index contributed by atoms with van der Waals surface area (Å²) in [5.74, 6) is 1.23. The number of carbonyl (C=O) groups excluding carboxylic acids is 1. The fourth-order valence-electron chi connectivity index (χ4n) is 2.10. The maximum atomic E-state index is 11.8. The van der Waals surface area contributed by atoms with Crippen molar-refractivity contribution < 1.29 is 9.90 Å². The zero-order chi connectivity index (χ0) is 17.7. The van der Waals surface area contributed by atoms with E-state index in [1.54, 1.807) is 0 Å². The molecule has 0 saturated carbocycles. The van der Waals surface area contributed by atoms with Gasteiger partial charge >= 0.3 is 0 Å². The Morgan fingerprint density at radius 3 is 2.21 bits per heavy atom. The number of carbonyl (C=O) groups is 1. The minimum atomic E-state index is -0.365. The second-order valence-corrected chi connectivity index (χ2v) is 6.82. The van der Waals surface area contributed by atoms with Gasteiger partial charge in [0.1, 0.15) is 0 Å². The first-order valence-electron chi connectivity index (χ1n) is 8.76. The van der Waals surface area contributed by atoms with Crippen molar-refractivity contribution in [2.45, 2.75) is 53.9 Å². The lowest BCUT2D eigenvalue weighted by Crippen LogP contribution is -2.43. The number of guanidine groups is 1. The van der Waals surface area contributed by atoms with E-state index in [2.05, 4.69) is 27.9 Å². The Bertz CT molecular complexity index is 351. The molecule has 1 amide bonds. The smallest absolute Gasteiger partial charge is 0.225 e. The molecule has 0 aliphatic carbocycles. The van der Waals surface area contributed by atoms with Gasteiger partial charge in [0.15, 0.2) is 5.96 Å². The van der Waals surface area contributed by atoms with Crippen LogP contribution in [0.15, 0.2) is 4.99 Å². The summed E-state index contributed by atoms with van der Waals surface area (Å²) in [4.78, 5) is 16.4. The SMILES string of the molecule is CCCC(CCO)CN=C(NCC)NCCNC(=O)C(C)(C)C.I. The molecule has 144 valence electrons. The van der Waals surface area contributed by atoms with E-state index in [9.17, 15) is 4.79 Å². The van der Waals surface area contributed by atoms with Crippen molar-refractivity contribution in [3.63, 3.8) is 0 Å². The van der Waals surface area contributed by atoms with E-state index >= 15 is 0 Å². The largest absolute Gasteiger partial charge is 0.396 e. The third kappa shape index (κ3) is 12.8. The van der Waals surface area contributed by atoms with E-state index in [0.29, 0.717) is 25.6 Å². The molecule has 0 bridgehead atoms. The summed E-state index contributed by atoms with van der Waals surface area (Å²) in [7, 11) is 0. The quantitative estimate of drug-likeness (QED) is 0.176. The number of nitrogens with one attached hydrogen (secondary N) is 3. The van der Waals surface area contributed by atoms with Crippen molar-refractivity contribution in [1.29, 1.82) is 0 Å². The highest BCUT2D eigenvalue weighted by Gasteiger charge is 2.20. The molecule has 0 saturated heterocycles. The molecule has 0 aromatic heterocycles. The van der Waals surface area contributed by atoms with E-state index in [1.165, 1.54) is 0 Å². The summed E-state index contributed by atoms with van der Waals surface area (Å²) in [6, 6.07) is 0. The lowest BCUT2D eigenvalue weighted by Gasteiger charge is -2.18. The summed E-state index contributed by atoms with van der Waals surface area (Å²) < 4.78 is 0. The van der Waals surface area contributed by atoms with E-state index in [1.807, 2.05) is 27.7 Å². The van der Waals surface area contributed by atoms with Crippen molar-refractivity contribution in [2.24, 2.45) is 16.3 Å². The standard InChI is InChI=1S/C17H36N4O2.HI/c1-6-8-14(9-12-22)13-21-16(18-7-2)20-11-10-19-15(23)17(3,4)5;/h14,22H,6-13H2,1-5H3,(H,19,23)(H2,18,20,21);1H. The van der Waals surface area contributed by atoms with Crippen LogP contribution in [-0.2, 0) is 4.79 Å². The maximum Gasteiger partial charge on any atom is 0.225 e. The van der Waals surface area contributed by atoms with Crippen molar-refractivity contribution in [1.82, 2.24) is 16.0 Å². The van der Waals surface area contributed by atoms with Gasteiger partial charge in [0, 0.05) is 38.2 Å². The summed E-state index contributed by atoms with van der Waals surface area (Å²) in [6.45, 7) is 12.8. The molecule has 0 aromatic rings. The fourth-order valence-corrected chi connectivity index (χ4v) is 2.10. The molecule has 0 aliphatic rings. The molecule has 1 unspecified atom stereocenters. The van der Waals surface area contributed by atoms with Gasteiger partial charge in [0.25, 0.3) is 0 Å². The molecule has 0 spiro atoms. The Morgan fingerprint density at radius 2 is 1.71 bits per heavy atom. The predicted octanol–water partition coefficient (Wildman–Crippen LogP) is 2.12. The maximum absolute atomic E-state index is 11.8. The highest BCUT2D eigenvalue weighted by atomic mass is 127. The van der Waals surface area contributed by atoms with Gasteiger partial charge in [-0.05, 0) is 25.7 Å². The number of aliphatic hydroxyl groups is 1. The average molecular weight is 456 g/mol. The Kier molecular flexibility index (Phi) is 15.8. The van der Waals surface area contributed by atoms with Gasteiger partial charge in [-0.15, -0.1) is 24.0 Å². The Labute approximate surface area is 164 Å². The second-order valence-electron chi connectivity index (χ2n) is 6.82. The Hall–Kier alpha value is -0.570. The molecular formula is C17H37IN4O2. The van der Waals surface area contributed by atoms with Gasteiger partial charge in [-0.1, -0.05) is 34.1 Å². The van der Waals surface area contributed by atoms with Gasteiger partial charge in [-0.3, -0.25) is 9.79 Å². The van der Waals surface area contributed by atoms with E-state index < -0.39 is 0 Å². The molecule has 1 atom stereocenters. The fraction of sp³-hybridized carbons (Fsp3) is 0.882. The zero-order valence-corrected chi connectivity index (χ0v) is 18.3. The van der Waals surface area contributed by atoms with Crippen LogP contribution >= 0.6 is 24.0 Å². The first kappa shape index (κ1) is 25.7. The zero-order valence-electron chi connectivity index (χ0n) is 15.9. The third-order valence-electron chi connectivity index (χ3n) is 3.47. The lowest BCUT2D eigenvalue weighted by molar-refractivity contribution is -0.128. The second kappa shape index (κ2) is 14.7. The molecular weight excluding hydrogens is 419 g/mol. The molecule has 0 aromatic carbocycles. The summed E-state index contributed by atoms with van der Waals surface area (Å²) in [5, 5.41) is 18.4. The van der Waals surface area contributed by atoms with Crippen molar-refractivity contribution in [3.8, 4) is 0 Å². The average Bonchev–Trinajstić information content (AvgIpc) is 2.47. The minimum absolute atomic E-state index is 0. The number of aliphatic imine (C=N–C) groups is 1. The lowest BCUT2D eigenvalue weighted by atomic mass is 9.96. The van der Waals surface area contributed by atoms with E-state index in [0.717, 1.165) is 31.8 Å². The van der Waals surface area contributed by atoms with Crippen molar-refractivity contribution in [2.75, 3.05) is 32.8 Å². The molecule has 24 heavy (non-hydrogen) atoms. The number of nitrogens with zero attached hydrogens (tertiary/aromatic N) is 1. The van der Waals surface area contributed by atoms with Crippen LogP contribution in [0.1, 0.15) is 53.9 Å². The number of aliphatic hydroxyl groups excluding tert-OH is 1. The molecule has 7 heteroatoms. The molecule has 0 rings (SSSR count).